The van der Waals surface area contributed by atoms with E-state index < -0.39 is 0 Å². The summed E-state index contributed by atoms with van der Waals surface area (Å²) in [4.78, 5) is 16.9. The Kier molecular flexibility index (Phi) is 5.76. The van der Waals surface area contributed by atoms with E-state index in [4.69, 9.17) is 9.97 Å². The molecular weight excluding hydrogens is 408 g/mol. The molecule has 2 heterocycles. The number of piperazine rings is 1. The first-order chi connectivity index (χ1) is 15.8. The summed E-state index contributed by atoms with van der Waals surface area (Å²) < 4.78 is 0. The van der Waals surface area contributed by atoms with Crippen molar-refractivity contribution in [2.75, 3.05) is 55.4 Å². The Bertz CT molecular complexity index is 966. The summed E-state index contributed by atoms with van der Waals surface area (Å²) >= 11 is 0. The summed E-state index contributed by atoms with van der Waals surface area (Å²) in [7, 11) is 4.13. The minimum atomic E-state index is 0.324. The average molecular weight is 449 g/mol. The number of hydrogen-bond acceptors (Lipinski definition) is 6. The third-order valence-corrected chi connectivity index (χ3v) is 9.18. The molecular formula is C27H40N6. The summed E-state index contributed by atoms with van der Waals surface area (Å²) in [5, 5.41) is 3.87. The molecule has 2 aliphatic carbocycles. The Hall–Kier alpha value is -2.34. The molecule has 1 aromatic heterocycles. The van der Waals surface area contributed by atoms with Crippen LogP contribution in [-0.4, -0.2) is 61.2 Å². The predicted molar refractivity (Wildman–Crippen MR) is 137 cm³/mol. The fraction of sp³-hybridized carbons (Fsp3) is 0.630. The second-order valence-electron chi connectivity index (χ2n) is 11.4. The highest BCUT2D eigenvalue weighted by atomic mass is 15.3. The van der Waals surface area contributed by atoms with E-state index in [0.29, 0.717) is 16.9 Å². The van der Waals surface area contributed by atoms with Crippen LogP contribution in [0.3, 0.4) is 0 Å². The molecule has 3 atom stereocenters. The molecule has 3 fully saturated rings. The molecule has 1 aromatic carbocycles. The van der Waals surface area contributed by atoms with Crippen LogP contribution in [0.2, 0.25) is 0 Å². The summed E-state index contributed by atoms with van der Waals surface area (Å²) in [5.41, 5.74) is 2.09. The zero-order chi connectivity index (χ0) is 23.2. The van der Waals surface area contributed by atoms with Gasteiger partial charge in [-0.05, 0) is 41.6 Å². The van der Waals surface area contributed by atoms with Crippen molar-refractivity contribution in [2.24, 2.45) is 16.7 Å². The first kappa shape index (κ1) is 22.5. The third kappa shape index (κ3) is 4.07. The lowest BCUT2D eigenvalue weighted by molar-refractivity contribution is 0.142. The van der Waals surface area contributed by atoms with Crippen molar-refractivity contribution in [3.63, 3.8) is 0 Å². The molecule has 2 saturated carbocycles. The Morgan fingerprint density at radius 2 is 1.76 bits per heavy atom. The number of hydrogen-bond donors (Lipinski definition) is 1. The van der Waals surface area contributed by atoms with Gasteiger partial charge >= 0.3 is 0 Å². The van der Waals surface area contributed by atoms with Crippen molar-refractivity contribution >= 4 is 17.6 Å². The number of aromatic nitrogens is 2. The Morgan fingerprint density at radius 1 is 1.03 bits per heavy atom. The molecule has 0 spiro atoms. The van der Waals surface area contributed by atoms with Crippen molar-refractivity contribution in [1.29, 1.82) is 0 Å². The molecule has 6 heteroatoms. The lowest BCUT2D eigenvalue weighted by atomic mass is 9.69. The van der Waals surface area contributed by atoms with E-state index >= 15 is 0 Å². The maximum absolute atomic E-state index is 5.03. The average Bonchev–Trinajstić information content (AvgIpc) is 3.14. The van der Waals surface area contributed by atoms with Crippen molar-refractivity contribution < 1.29 is 0 Å². The summed E-state index contributed by atoms with van der Waals surface area (Å²) in [6, 6.07) is 13.4. The SMILES string of the molecule is CN(C)c1cc(N[C@@H]2C[C@H]3CC[C@]2(C)C3(C)C)nc(N2CCN(Cc3ccccc3)CC2)n1. The number of rotatable bonds is 6. The molecule has 5 rings (SSSR count). The third-order valence-electron chi connectivity index (χ3n) is 9.18. The predicted octanol–water partition coefficient (Wildman–Crippen LogP) is 4.49. The summed E-state index contributed by atoms with van der Waals surface area (Å²) in [5.74, 6) is 3.62. The van der Waals surface area contributed by atoms with Gasteiger partial charge in [-0.1, -0.05) is 51.1 Å². The highest BCUT2D eigenvalue weighted by Gasteiger charge is 2.61. The van der Waals surface area contributed by atoms with Crippen LogP contribution in [-0.2, 0) is 6.54 Å². The molecule has 0 unspecified atom stereocenters. The molecule has 1 aliphatic heterocycles. The van der Waals surface area contributed by atoms with Crippen LogP contribution < -0.4 is 15.1 Å². The van der Waals surface area contributed by atoms with Gasteiger partial charge in [-0.2, -0.15) is 9.97 Å². The van der Waals surface area contributed by atoms with Crippen molar-refractivity contribution in [2.45, 2.75) is 52.6 Å². The molecule has 6 nitrogen and oxygen atoms in total. The fourth-order valence-electron chi connectivity index (χ4n) is 6.41. The van der Waals surface area contributed by atoms with Crippen molar-refractivity contribution in [1.82, 2.24) is 14.9 Å². The van der Waals surface area contributed by atoms with Crippen LogP contribution in [0.4, 0.5) is 17.6 Å². The molecule has 1 saturated heterocycles. The number of nitrogens with one attached hydrogen (secondary N) is 1. The molecule has 0 radical (unpaired) electrons. The van der Waals surface area contributed by atoms with E-state index in [1.165, 1.54) is 24.8 Å². The minimum Gasteiger partial charge on any atom is -0.367 e. The Balaban J connectivity index is 1.30. The molecule has 3 aliphatic rings. The smallest absolute Gasteiger partial charge is 0.229 e. The van der Waals surface area contributed by atoms with Gasteiger partial charge in [0.1, 0.15) is 11.6 Å². The standard InChI is InChI=1S/C27H40N6/c1-26(2)21-11-12-27(26,3)22(17-21)28-23-18-24(31(4)5)30-25(29-23)33-15-13-32(14-16-33)19-20-9-7-6-8-10-20/h6-10,18,21-22H,11-17,19H2,1-5H3,(H,28,29,30)/t21-,22-,27+/m1/s1. The summed E-state index contributed by atoms with van der Waals surface area (Å²) in [6.07, 6.45) is 3.93. The highest BCUT2D eigenvalue weighted by Crippen LogP contribution is 2.65. The van der Waals surface area contributed by atoms with Gasteiger partial charge in [0, 0.05) is 58.9 Å². The van der Waals surface area contributed by atoms with E-state index in [9.17, 15) is 0 Å². The molecule has 2 aromatic rings. The normalized spacial score (nSPS) is 28.8. The lowest BCUT2D eigenvalue weighted by Crippen LogP contribution is -2.46. The van der Waals surface area contributed by atoms with E-state index in [-0.39, 0.29) is 0 Å². The number of fused-ring (bicyclic) bond motifs is 2. The minimum absolute atomic E-state index is 0.324. The topological polar surface area (TPSA) is 47.5 Å². The Labute approximate surface area is 199 Å². The van der Waals surface area contributed by atoms with Crippen LogP contribution in [0.15, 0.2) is 36.4 Å². The second kappa shape index (κ2) is 8.46. The number of benzene rings is 1. The quantitative estimate of drug-likeness (QED) is 0.703. The van der Waals surface area contributed by atoms with E-state index in [1.807, 2.05) is 0 Å². The summed E-state index contributed by atoms with van der Waals surface area (Å²) in [6.45, 7) is 12.4. The van der Waals surface area contributed by atoms with E-state index in [2.05, 4.69) is 91.3 Å². The van der Waals surface area contributed by atoms with Crippen LogP contribution in [0.1, 0.15) is 45.6 Å². The first-order valence-electron chi connectivity index (χ1n) is 12.6. The number of nitrogens with zero attached hydrogens (tertiary/aromatic N) is 5. The second-order valence-corrected chi connectivity index (χ2v) is 11.4. The largest absolute Gasteiger partial charge is 0.367 e. The monoisotopic (exact) mass is 448 g/mol. The number of anilines is 3. The van der Waals surface area contributed by atoms with Gasteiger partial charge < -0.3 is 15.1 Å². The van der Waals surface area contributed by atoms with Gasteiger partial charge in [-0.15, -0.1) is 0 Å². The van der Waals surface area contributed by atoms with Gasteiger partial charge in [-0.3, -0.25) is 4.90 Å². The van der Waals surface area contributed by atoms with Gasteiger partial charge in [0.2, 0.25) is 5.95 Å². The van der Waals surface area contributed by atoms with Crippen molar-refractivity contribution in [3.8, 4) is 0 Å². The molecule has 33 heavy (non-hydrogen) atoms. The van der Waals surface area contributed by atoms with Crippen LogP contribution in [0.5, 0.6) is 0 Å². The lowest BCUT2D eigenvalue weighted by Gasteiger charge is -2.40. The van der Waals surface area contributed by atoms with Crippen molar-refractivity contribution in [3.05, 3.63) is 42.0 Å². The van der Waals surface area contributed by atoms with E-state index in [0.717, 1.165) is 56.2 Å². The fourth-order valence-corrected chi connectivity index (χ4v) is 6.41. The van der Waals surface area contributed by atoms with Gasteiger partial charge in [0.25, 0.3) is 0 Å². The van der Waals surface area contributed by atoms with Crippen LogP contribution in [0.25, 0.3) is 0 Å². The van der Waals surface area contributed by atoms with Gasteiger partial charge in [0.15, 0.2) is 0 Å². The maximum Gasteiger partial charge on any atom is 0.229 e. The highest BCUT2D eigenvalue weighted by molar-refractivity contribution is 5.54. The van der Waals surface area contributed by atoms with E-state index in [1.54, 1.807) is 0 Å². The molecule has 2 bridgehead atoms. The molecule has 0 amide bonds. The first-order valence-corrected chi connectivity index (χ1v) is 12.6. The molecule has 178 valence electrons. The van der Waals surface area contributed by atoms with Crippen LogP contribution >= 0.6 is 0 Å². The zero-order valence-electron chi connectivity index (χ0n) is 21.0. The molecule has 1 N–H and O–H groups in total. The van der Waals surface area contributed by atoms with Gasteiger partial charge in [-0.25, -0.2) is 0 Å². The zero-order valence-corrected chi connectivity index (χ0v) is 21.0. The van der Waals surface area contributed by atoms with Crippen LogP contribution in [0, 0.1) is 16.7 Å². The Morgan fingerprint density at radius 3 is 2.36 bits per heavy atom. The maximum atomic E-state index is 5.03. The van der Waals surface area contributed by atoms with Gasteiger partial charge in [0.05, 0.1) is 0 Å².